The minimum atomic E-state index is -0.725. The summed E-state index contributed by atoms with van der Waals surface area (Å²) in [5.41, 5.74) is 4.35. The molecule has 36 heavy (non-hydrogen) atoms. The summed E-state index contributed by atoms with van der Waals surface area (Å²) in [7, 11) is 0. The topological polar surface area (TPSA) is 49.4 Å². The number of rotatable bonds is 8. The van der Waals surface area contributed by atoms with Gasteiger partial charge in [0.1, 0.15) is 6.04 Å². The van der Waals surface area contributed by atoms with Crippen LogP contribution >= 0.6 is 23.2 Å². The van der Waals surface area contributed by atoms with Crippen molar-refractivity contribution in [2.45, 2.75) is 65.6 Å². The highest BCUT2D eigenvalue weighted by atomic mass is 35.5. The predicted octanol–water partition coefficient (Wildman–Crippen LogP) is 6.71. The Morgan fingerprint density at radius 3 is 2.11 bits per heavy atom. The zero-order valence-electron chi connectivity index (χ0n) is 21.6. The minimum absolute atomic E-state index is 0.143. The van der Waals surface area contributed by atoms with Crippen LogP contribution in [0.25, 0.3) is 0 Å². The Morgan fingerprint density at radius 1 is 0.889 bits per heavy atom. The van der Waals surface area contributed by atoms with Gasteiger partial charge in [-0.1, -0.05) is 88.9 Å². The molecule has 0 bridgehead atoms. The maximum atomic E-state index is 13.9. The molecule has 4 nitrogen and oxygen atoms in total. The standard InChI is InChI=1S/C30H34Cl2N2O2/c1-20-13-21(2)15-23(14-20)17-28(35)34(19-24-11-12-25(31)18-26(24)32)27(29(36)33-30(3,4)5)16-22-9-7-6-8-10-22/h6-15,18,27H,16-17,19H2,1-5H3,(H,33,36). The van der Waals surface area contributed by atoms with Crippen molar-refractivity contribution in [3.05, 3.63) is 105 Å². The van der Waals surface area contributed by atoms with Gasteiger partial charge in [0.15, 0.2) is 0 Å². The van der Waals surface area contributed by atoms with Crippen LogP contribution in [0.5, 0.6) is 0 Å². The highest BCUT2D eigenvalue weighted by Crippen LogP contribution is 2.25. The van der Waals surface area contributed by atoms with Crippen LogP contribution in [-0.2, 0) is 29.0 Å². The highest BCUT2D eigenvalue weighted by Gasteiger charge is 2.32. The third kappa shape index (κ3) is 8.11. The lowest BCUT2D eigenvalue weighted by Crippen LogP contribution is -2.54. The van der Waals surface area contributed by atoms with Gasteiger partial charge in [-0.2, -0.15) is 0 Å². The SMILES string of the molecule is Cc1cc(C)cc(CC(=O)N(Cc2ccc(Cl)cc2Cl)C(Cc2ccccc2)C(=O)NC(C)(C)C)c1. The van der Waals surface area contributed by atoms with Crippen molar-refractivity contribution >= 4 is 35.0 Å². The second kappa shape index (κ2) is 11.9. The van der Waals surface area contributed by atoms with Crippen LogP contribution in [0.4, 0.5) is 0 Å². The minimum Gasteiger partial charge on any atom is -0.350 e. The van der Waals surface area contributed by atoms with Gasteiger partial charge in [-0.15, -0.1) is 0 Å². The van der Waals surface area contributed by atoms with Gasteiger partial charge in [0.25, 0.3) is 0 Å². The Bertz CT molecular complexity index is 1200. The molecule has 2 amide bonds. The Morgan fingerprint density at radius 2 is 1.53 bits per heavy atom. The van der Waals surface area contributed by atoms with Crippen molar-refractivity contribution in [3.63, 3.8) is 0 Å². The molecule has 190 valence electrons. The van der Waals surface area contributed by atoms with E-state index in [1.807, 2.05) is 83.1 Å². The van der Waals surface area contributed by atoms with E-state index in [4.69, 9.17) is 23.2 Å². The lowest BCUT2D eigenvalue weighted by molar-refractivity contribution is -0.141. The Labute approximate surface area is 224 Å². The number of carbonyl (C=O) groups is 2. The average molecular weight is 526 g/mol. The number of hydrogen-bond donors (Lipinski definition) is 1. The molecule has 3 aromatic carbocycles. The smallest absolute Gasteiger partial charge is 0.243 e. The highest BCUT2D eigenvalue weighted by molar-refractivity contribution is 6.35. The van der Waals surface area contributed by atoms with Crippen molar-refractivity contribution in [2.75, 3.05) is 0 Å². The number of amides is 2. The molecule has 0 saturated heterocycles. The molecule has 0 aliphatic heterocycles. The van der Waals surface area contributed by atoms with Crippen LogP contribution in [-0.4, -0.2) is 28.3 Å². The van der Waals surface area contributed by atoms with E-state index in [1.165, 1.54) is 0 Å². The number of carbonyl (C=O) groups excluding carboxylic acids is 2. The molecular weight excluding hydrogens is 491 g/mol. The molecule has 1 atom stereocenters. The van der Waals surface area contributed by atoms with Gasteiger partial charge < -0.3 is 10.2 Å². The van der Waals surface area contributed by atoms with E-state index in [1.54, 1.807) is 17.0 Å². The van der Waals surface area contributed by atoms with Crippen molar-refractivity contribution in [3.8, 4) is 0 Å². The number of benzene rings is 3. The van der Waals surface area contributed by atoms with E-state index < -0.39 is 11.6 Å². The van der Waals surface area contributed by atoms with Gasteiger partial charge in [-0.3, -0.25) is 9.59 Å². The zero-order valence-corrected chi connectivity index (χ0v) is 23.1. The van der Waals surface area contributed by atoms with Gasteiger partial charge >= 0.3 is 0 Å². The van der Waals surface area contributed by atoms with Gasteiger partial charge in [-0.05, 0) is 63.4 Å². The monoisotopic (exact) mass is 524 g/mol. The second-order valence-electron chi connectivity index (χ2n) is 10.4. The fourth-order valence-corrected chi connectivity index (χ4v) is 4.76. The van der Waals surface area contributed by atoms with E-state index in [2.05, 4.69) is 11.4 Å². The first-order chi connectivity index (χ1) is 16.9. The van der Waals surface area contributed by atoms with Crippen LogP contribution in [0, 0.1) is 13.8 Å². The Kier molecular flexibility index (Phi) is 9.21. The zero-order chi connectivity index (χ0) is 26.5. The van der Waals surface area contributed by atoms with E-state index in [9.17, 15) is 9.59 Å². The maximum Gasteiger partial charge on any atom is 0.243 e. The number of nitrogens with one attached hydrogen (secondary N) is 1. The first-order valence-electron chi connectivity index (χ1n) is 12.1. The van der Waals surface area contributed by atoms with Gasteiger partial charge in [0, 0.05) is 28.5 Å². The fourth-order valence-electron chi connectivity index (χ4n) is 4.29. The Hall–Kier alpha value is -2.82. The average Bonchev–Trinajstić information content (AvgIpc) is 2.76. The number of halogens is 2. The molecule has 3 rings (SSSR count). The number of aryl methyl sites for hydroxylation is 2. The third-order valence-corrected chi connectivity index (χ3v) is 6.35. The number of nitrogens with zero attached hydrogens (tertiary/aromatic N) is 1. The number of hydrogen-bond acceptors (Lipinski definition) is 2. The lowest BCUT2D eigenvalue weighted by atomic mass is 9.99. The quantitative estimate of drug-likeness (QED) is 0.356. The molecule has 6 heteroatoms. The van der Waals surface area contributed by atoms with Crippen LogP contribution in [0.3, 0.4) is 0 Å². The summed E-state index contributed by atoms with van der Waals surface area (Å²) in [6, 6.07) is 20.3. The molecule has 0 aliphatic carbocycles. The summed E-state index contributed by atoms with van der Waals surface area (Å²) >= 11 is 12.6. The molecule has 0 fully saturated rings. The Balaban J connectivity index is 2.04. The van der Waals surface area contributed by atoms with Crippen LogP contribution in [0.15, 0.2) is 66.7 Å². The van der Waals surface area contributed by atoms with E-state index in [-0.39, 0.29) is 24.8 Å². The third-order valence-electron chi connectivity index (χ3n) is 5.76. The molecular formula is C30H34Cl2N2O2. The van der Waals surface area contributed by atoms with Gasteiger partial charge in [-0.25, -0.2) is 0 Å². The summed E-state index contributed by atoms with van der Waals surface area (Å²) in [6.45, 7) is 10.0. The van der Waals surface area contributed by atoms with Gasteiger partial charge in [0.2, 0.25) is 11.8 Å². The molecule has 0 radical (unpaired) electrons. The molecule has 1 unspecified atom stereocenters. The lowest BCUT2D eigenvalue weighted by Gasteiger charge is -2.34. The van der Waals surface area contributed by atoms with Crippen LogP contribution in [0.1, 0.15) is 48.6 Å². The molecule has 3 aromatic rings. The summed E-state index contributed by atoms with van der Waals surface area (Å²) in [4.78, 5) is 29.2. The van der Waals surface area contributed by atoms with Crippen molar-refractivity contribution < 1.29 is 9.59 Å². The van der Waals surface area contributed by atoms with E-state index in [0.717, 1.165) is 27.8 Å². The first-order valence-corrected chi connectivity index (χ1v) is 12.8. The van der Waals surface area contributed by atoms with Crippen LogP contribution < -0.4 is 5.32 Å². The maximum absolute atomic E-state index is 13.9. The van der Waals surface area contributed by atoms with Crippen molar-refractivity contribution in [2.24, 2.45) is 0 Å². The van der Waals surface area contributed by atoms with Crippen molar-refractivity contribution in [1.82, 2.24) is 10.2 Å². The van der Waals surface area contributed by atoms with E-state index in [0.29, 0.717) is 16.5 Å². The predicted molar refractivity (Wildman–Crippen MR) is 148 cm³/mol. The molecule has 0 heterocycles. The normalized spacial score (nSPS) is 12.2. The summed E-state index contributed by atoms with van der Waals surface area (Å²) < 4.78 is 0. The first kappa shape index (κ1) is 27.8. The largest absolute Gasteiger partial charge is 0.350 e. The molecule has 0 aromatic heterocycles. The fraction of sp³-hybridized carbons (Fsp3) is 0.333. The summed E-state index contributed by atoms with van der Waals surface area (Å²) in [6.07, 6.45) is 0.564. The summed E-state index contributed by atoms with van der Waals surface area (Å²) in [5, 5.41) is 4.06. The van der Waals surface area contributed by atoms with Crippen LogP contribution in [0.2, 0.25) is 10.0 Å². The molecule has 0 aliphatic rings. The molecule has 1 N–H and O–H groups in total. The summed E-state index contributed by atoms with van der Waals surface area (Å²) in [5.74, 6) is -0.346. The van der Waals surface area contributed by atoms with E-state index >= 15 is 0 Å². The van der Waals surface area contributed by atoms with Crippen molar-refractivity contribution in [1.29, 1.82) is 0 Å². The molecule has 0 spiro atoms. The second-order valence-corrected chi connectivity index (χ2v) is 11.2. The van der Waals surface area contributed by atoms with Gasteiger partial charge in [0.05, 0.1) is 6.42 Å². The molecule has 0 saturated carbocycles.